The van der Waals surface area contributed by atoms with Crippen molar-refractivity contribution in [3.05, 3.63) is 23.3 Å². The standard InChI is InChI=1S/C9H8N2/c1-6-3-4-8-9(7(6)2)11-5-10-8/h3-4H,1-2H3. The van der Waals surface area contributed by atoms with Gasteiger partial charge < -0.3 is 0 Å². The lowest BCUT2D eigenvalue weighted by atomic mass is 10.1. The van der Waals surface area contributed by atoms with Crippen molar-refractivity contribution < 1.29 is 0 Å². The van der Waals surface area contributed by atoms with Crippen molar-refractivity contribution in [2.45, 2.75) is 13.8 Å². The van der Waals surface area contributed by atoms with Crippen molar-refractivity contribution in [3.8, 4) is 0 Å². The Labute approximate surface area is 65.3 Å². The first-order chi connectivity index (χ1) is 5.29. The molecular weight excluding hydrogens is 136 g/mol. The number of benzene rings is 1. The molecule has 54 valence electrons. The van der Waals surface area contributed by atoms with Gasteiger partial charge in [0, 0.05) is 0 Å². The van der Waals surface area contributed by atoms with Crippen molar-refractivity contribution in [1.82, 2.24) is 0 Å². The lowest BCUT2D eigenvalue weighted by Gasteiger charge is -2.01. The number of aryl methyl sites for hydroxylation is 1. The molecule has 1 heterocycles. The fourth-order valence-electron chi connectivity index (χ4n) is 1.15. The Morgan fingerprint density at radius 2 is 2.00 bits per heavy atom. The molecule has 0 atom stereocenters. The van der Waals surface area contributed by atoms with Gasteiger partial charge in [0.15, 0.2) is 0 Å². The fourth-order valence-corrected chi connectivity index (χ4v) is 1.15. The molecule has 11 heavy (non-hydrogen) atoms. The highest BCUT2D eigenvalue weighted by atomic mass is 14.9. The average Bonchev–Trinajstić information content (AvgIpc) is 2.45. The number of rotatable bonds is 0. The van der Waals surface area contributed by atoms with Gasteiger partial charge >= 0.3 is 0 Å². The molecule has 1 aromatic rings. The van der Waals surface area contributed by atoms with Gasteiger partial charge in [-0.1, -0.05) is 6.07 Å². The molecule has 0 N–H and O–H groups in total. The van der Waals surface area contributed by atoms with Gasteiger partial charge in [-0.25, -0.2) is 0 Å². The molecule has 0 amide bonds. The Kier molecular flexibility index (Phi) is 1.17. The predicted octanol–water partition coefficient (Wildman–Crippen LogP) is 2.75. The second-order valence-electron chi connectivity index (χ2n) is 2.70. The topological polar surface area (TPSA) is 24.7 Å². The van der Waals surface area contributed by atoms with E-state index in [1.165, 1.54) is 11.1 Å². The molecule has 0 bridgehead atoms. The van der Waals surface area contributed by atoms with Gasteiger partial charge in [0.2, 0.25) is 0 Å². The van der Waals surface area contributed by atoms with Crippen LogP contribution in [0.5, 0.6) is 0 Å². The van der Waals surface area contributed by atoms with E-state index < -0.39 is 0 Å². The van der Waals surface area contributed by atoms with Crippen LogP contribution in [0.3, 0.4) is 0 Å². The summed E-state index contributed by atoms with van der Waals surface area (Å²) in [5, 5.41) is 0. The van der Waals surface area contributed by atoms with Gasteiger partial charge in [-0.2, -0.15) is 9.98 Å². The van der Waals surface area contributed by atoms with Crippen LogP contribution < -0.4 is 0 Å². The second-order valence-corrected chi connectivity index (χ2v) is 2.70. The van der Waals surface area contributed by atoms with Crippen LogP contribution in [0.1, 0.15) is 11.1 Å². The summed E-state index contributed by atoms with van der Waals surface area (Å²) >= 11 is 0. The lowest BCUT2D eigenvalue weighted by Crippen LogP contribution is -1.78. The molecule has 0 aromatic heterocycles. The van der Waals surface area contributed by atoms with Crippen LogP contribution in [0.15, 0.2) is 22.1 Å². The third-order valence-electron chi connectivity index (χ3n) is 2.01. The highest BCUT2D eigenvalue weighted by molar-refractivity contribution is 5.78. The zero-order chi connectivity index (χ0) is 7.84. The summed E-state index contributed by atoms with van der Waals surface area (Å²) in [6, 6.07) is 6.63. The van der Waals surface area contributed by atoms with Crippen molar-refractivity contribution >= 4 is 17.4 Å². The Bertz CT molecular complexity index is 371. The molecule has 2 heteroatoms. The first kappa shape index (κ1) is 6.32. The van der Waals surface area contributed by atoms with E-state index >= 15 is 0 Å². The maximum Gasteiger partial charge on any atom is 0.104 e. The van der Waals surface area contributed by atoms with E-state index in [1.807, 2.05) is 6.07 Å². The molecule has 0 aliphatic carbocycles. The number of nitrogens with zero attached hydrogens (tertiary/aromatic N) is 2. The van der Waals surface area contributed by atoms with E-state index in [9.17, 15) is 0 Å². The molecular formula is C9H8N2. The Morgan fingerprint density at radius 1 is 1.18 bits per heavy atom. The van der Waals surface area contributed by atoms with Crippen molar-refractivity contribution in [2.24, 2.45) is 9.98 Å². The molecule has 0 unspecified atom stereocenters. The molecule has 0 fully saturated rings. The molecule has 2 rings (SSSR count). The van der Waals surface area contributed by atoms with Gasteiger partial charge in [-0.15, -0.1) is 0 Å². The molecule has 1 aromatic carbocycles. The third kappa shape index (κ3) is 0.803. The molecule has 0 saturated heterocycles. The van der Waals surface area contributed by atoms with Gasteiger partial charge in [-0.3, -0.25) is 0 Å². The Hall–Kier alpha value is -1.40. The van der Waals surface area contributed by atoms with Crippen LogP contribution in [0.2, 0.25) is 0 Å². The summed E-state index contributed by atoms with van der Waals surface area (Å²) in [7, 11) is 0. The summed E-state index contributed by atoms with van der Waals surface area (Å²) in [4.78, 5) is 8.03. The highest BCUT2D eigenvalue weighted by Crippen LogP contribution is 2.35. The number of aliphatic imine (C=N–C) groups is 2. The largest absolute Gasteiger partial charge is 0.185 e. The van der Waals surface area contributed by atoms with E-state index in [2.05, 4.69) is 35.9 Å². The average molecular weight is 144 g/mol. The van der Waals surface area contributed by atoms with E-state index in [0.29, 0.717) is 0 Å². The van der Waals surface area contributed by atoms with Crippen molar-refractivity contribution in [3.63, 3.8) is 0 Å². The smallest absolute Gasteiger partial charge is 0.104 e. The molecule has 0 spiro atoms. The van der Waals surface area contributed by atoms with Crippen LogP contribution in [0.25, 0.3) is 0 Å². The summed E-state index contributed by atoms with van der Waals surface area (Å²) in [6.45, 7) is 4.13. The summed E-state index contributed by atoms with van der Waals surface area (Å²) in [5.41, 5.74) is 4.38. The van der Waals surface area contributed by atoms with Crippen LogP contribution in [-0.2, 0) is 0 Å². The van der Waals surface area contributed by atoms with Crippen LogP contribution in [-0.4, -0.2) is 6.01 Å². The lowest BCUT2D eigenvalue weighted by molar-refractivity contribution is 1.32. The first-order valence-corrected chi connectivity index (χ1v) is 3.56. The van der Waals surface area contributed by atoms with Crippen LogP contribution in [0, 0.1) is 13.8 Å². The Morgan fingerprint density at radius 3 is 2.82 bits per heavy atom. The maximum atomic E-state index is 4.04. The summed E-state index contributed by atoms with van der Waals surface area (Å²) in [6.07, 6.45) is 0. The quantitative estimate of drug-likeness (QED) is 0.543. The van der Waals surface area contributed by atoms with Crippen molar-refractivity contribution in [2.75, 3.05) is 0 Å². The van der Waals surface area contributed by atoms with Crippen LogP contribution in [0.4, 0.5) is 11.4 Å². The maximum absolute atomic E-state index is 4.04. The minimum absolute atomic E-state index is 0.938. The molecule has 2 nitrogen and oxygen atoms in total. The second kappa shape index (κ2) is 2.04. The number of hydrogen-bond acceptors (Lipinski definition) is 2. The van der Waals surface area contributed by atoms with Gasteiger partial charge in [-0.05, 0) is 31.0 Å². The molecule has 1 aliphatic rings. The highest BCUT2D eigenvalue weighted by Gasteiger charge is 2.08. The molecule has 0 radical (unpaired) electrons. The van der Waals surface area contributed by atoms with Gasteiger partial charge in [0.25, 0.3) is 0 Å². The summed E-state index contributed by atoms with van der Waals surface area (Å²) < 4.78 is 0. The summed E-state index contributed by atoms with van der Waals surface area (Å²) in [5.74, 6) is 0. The zero-order valence-electron chi connectivity index (χ0n) is 6.55. The number of hydrogen-bond donors (Lipinski definition) is 0. The minimum atomic E-state index is 0.938. The molecule has 1 aliphatic heterocycles. The van der Waals surface area contributed by atoms with Gasteiger partial charge in [0.05, 0.1) is 0 Å². The molecule has 0 saturated carbocycles. The third-order valence-corrected chi connectivity index (χ3v) is 2.01. The Balaban J connectivity index is 2.75. The van der Waals surface area contributed by atoms with Crippen LogP contribution >= 0.6 is 0 Å². The fraction of sp³-hybridized carbons (Fsp3) is 0.222. The predicted molar refractivity (Wildman–Crippen MR) is 45.1 cm³/mol. The zero-order valence-corrected chi connectivity index (χ0v) is 6.55. The van der Waals surface area contributed by atoms with Crippen molar-refractivity contribution in [1.29, 1.82) is 0 Å². The normalized spacial score (nSPS) is 12.2. The van der Waals surface area contributed by atoms with E-state index in [-0.39, 0.29) is 0 Å². The monoisotopic (exact) mass is 144 g/mol. The van der Waals surface area contributed by atoms with Gasteiger partial charge in [0.1, 0.15) is 17.4 Å². The van der Waals surface area contributed by atoms with E-state index in [4.69, 9.17) is 0 Å². The number of fused-ring (bicyclic) bond motifs is 1. The minimum Gasteiger partial charge on any atom is -0.185 e. The van der Waals surface area contributed by atoms with E-state index in [0.717, 1.165) is 11.4 Å². The first-order valence-electron chi connectivity index (χ1n) is 3.56. The SMILES string of the molecule is Cc1ccc2c(c1C)N=C=N2. The van der Waals surface area contributed by atoms with E-state index in [1.54, 1.807) is 0 Å².